The minimum atomic E-state index is -0.614. The van der Waals surface area contributed by atoms with Crippen LogP contribution in [0.4, 0.5) is 16.4 Å². The van der Waals surface area contributed by atoms with Gasteiger partial charge < -0.3 is 9.15 Å². The molecule has 0 saturated heterocycles. The third-order valence-electron chi connectivity index (χ3n) is 2.59. The van der Waals surface area contributed by atoms with Crippen molar-refractivity contribution in [2.24, 2.45) is 0 Å². The first kappa shape index (κ1) is 15.6. The normalized spacial score (nSPS) is 11.0. The van der Waals surface area contributed by atoms with Crippen molar-refractivity contribution in [3.63, 3.8) is 0 Å². The van der Waals surface area contributed by atoms with E-state index in [4.69, 9.17) is 9.15 Å². The Labute approximate surface area is 127 Å². The van der Waals surface area contributed by atoms with Gasteiger partial charge in [0.2, 0.25) is 5.88 Å². The van der Waals surface area contributed by atoms with Crippen molar-refractivity contribution in [1.29, 1.82) is 0 Å². The first-order valence-electron chi connectivity index (χ1n) is 6.59. The molecule has 1 aromatic heterocycles. The molecule has 2 rings (SSSR count). The van der Waals surface area contributed by atoms with Crippen LogP contribution in [0, 0.1) is 10.1 Å². The Morgan fingerprint density at radius 3 is 2.36 bits per heavy atom. The molecular formula is C15H16N2O5. The first-order valence-corrected chi connectivity index (χ1v) is 6.59. The Bertz CT molecular complexity index is 683. The molecule has 1 aromatic carbocycles. The van der Waals surface area contributed by atoms with Crippen LogP contribution in [0.1, 0.15) is 20.8 Å². The second-order valence-electron chi connectivity index (χ2n) is 5.59. The fourth-order valence-electron chi connectivity index (χ4n) is 1.71. The summed E-state index contributed by atoms with van der Waals surface area (Å²) < 4.78 is 10.6. The number of carbonyl (C=O) groups excluding carboxylic acids is 1. The van der Waals surface area contributed by atoms with Crippen LogP contribution >= 0.6 is 0 Å². The number of rotatable bonds is 3. The number of non-ortho nitro benzene ring substituents is 1. The zero-order valence-corrected chi connectivity index (χ0v) is 12.5. The van der Waals surface area contributed by atoms with Gasteiger partial charge in [0.15, 0.2) is 0 Å². The molecule has 0 unspecified atom stereocenters. The lowest BCUT2D eigenvalue weighted by Crippen LogP contribution is -2.27. The van der Waals surface area contributed by atoms with Gasteiger partial charge in [0.25, 0.3) is 5.69 Å². The number of nitro benzene ring substituents is 1. The van der Waals surface area contributed by atoms with E-state index in [1.807, 2.05) is 0 Å². The maximum atomic E-state index is 11.6. The fraction of sp³-hybridized carbons (Fsp3) is 0.267. The quantitative estimate of drug-likeness (QED) is 0.677. The highest BCUT2D eigenvalue weighted by Gasteiger charge is 2.17. The summed E-state index contributed by atoms with van der Waals surface area (Å²) >= 11 is 0. The summed E-state index contributed by atoms with van der Waals surface area (Å²) in [7, 11) is 0. The highest BCUT2D eigenvalue weighted by molar-refractivity contribution is 5.83. The number of amides is 1. The van der Waals surface area contributed by atoms with E-state index in [1.54, 1.807) is 45.0 Å². The Balaban J connectivity index is 2.08. The van der Waals surface area contributed by atoms with Crippen LogP contribution in [-0.4, -0.2) is 16.6 Å². The lowest BCUT2D eigenvalue weighted by atomic mass is 10.1. The molecule has 0 spiro atoms. The summed E-state index contributed by atoms with van der Waals surface area (Å²) in [5, 5.41) is 13.1. The van der Waals surface area contributed by atoms with E-state index in [9.17, 15) is 14.9 Å². The van der Waals surface area contributed by atoms with E-state index in [-0.39, 0.29) is 11.6 Å². The number of furan rings is 1. The van der Waals surface area contributed by atoms with Crippen LogP contribution in [0.5, 0.6) is 0 Å². The molecule has 0 aliphatic heterocycles. The molecule has 2 aromatic rings. The zero-order chi connectivity index (χ0) is 16.3. The number of nitrogens with zero attached hydrogens (tertiary/aromatic N) is 1. The predicted molar refractivity (Wildman–Crippen MR) is 80.7 cm³/mol. The third-order valence-corrected chi connectivity index (χ3v) is 2.59. The summed E-state index contributed by atoms with van der Waals surface area (Å²) in [5.41, 5.74) is 0.0722. The van der Waals surface area contributed by atoms with Crippen LogP contribution < -0.4 is 5.32 Å². The number of hydrogen-bond donors (Lipinski definition) is 1. The van der Waals surface area contributed by atoms with E-state index in [0.717, 1.165) is 0 Å². The highest BCUT2D eigenvalue weighted by atomic mass is 16.6. The molecule has 1 heterocycles. The molecule has 0 saturated carbocycles. The Kier molecular flexibility index (Phi) is 4.16. The molecule has 22 heavy (non-hydrogen) atoms. The fourth-order valence-corrected chi connectivity index (χ4v) is 1.71. The molecule has 1 amide bonds. The number of benzene rings is 1. The lowest BCUT2D eigenvalue weighted by Gasteiger charge is -2.18. The molecule has 0 bridgehead atoms. The summed E-state index contributed by atoms with van der Waals surface area (Å²) in [4.78, 5) is 21.8. The molecule has 0 fully saturated rings. The molecule has 1 N–H and O–H groups in total. The van der Waals surface area contributed by atoms with E-state index >= 15 is 0 Å². The number of ether oxygens (including phenoxy) is 1. The Hall–Kier alpha value is -2.83. The third kappa shape index (κ3) is 4.08. The minimum absolute atomic E-state index is 0.00223. The molecular weight excluding hydrogens is 288 g/mol. The maximum Gasteiger partial charge on any atom is 0.414 e. The minimum Gasteiger partial charge on any atom is -0.444 e. The summed E-state index contributed by atoms with van der Waals surface area (Å²) in [6.07, 6.45) is -0.614. The molecule has 7 nitrogen and oxygen atoms in total. The number of nitrogens with one attached hydrogen (secondary N) is 1. The largest absolute Gasteiger partial charge is 0.444 e. The van der Waals surface area contributed by atoms with Gasteiger partial charge in [0.1, 0.15) is 11.4 Å². The van der Waals surface area contributed by atoms with Crippen LogP contribution in [0.3, 0.4) is 0 Å². The van der Waals surface area contributed by atoms with Gasteiger partial charge in [-0.25, -0.2) is 4.79 Å². The number of hydrogen-bond acceptors (Lipinski definition) is 5. The van der Waals surface area contributed by atoms with E-state index in [2.05, 4.69) is 5.32 Å². The van der Waals surface area contributed by atoms with Gasteiger partial charge in [-0.1, -0.05) is 0 Å². The Morgan fingerprint density at radius 2 is 1.82 bits per heavy atom. The summed E-state index contributed by atoms with van der Waals surface area (Å²) in [6, 6.07) is 9.18. The molecule has 0 aliphatic carbocycles. The van der Waals surface area contributed by atoms with Gasteiger partial charge in [0, 0.05) is 23.8 Å². The van der Waals surface area contributed by atoms with Gasteiger partial charge in [0.05, 0.1) is 4.92 Å². The van der Waals surface area contributed by atoms with Gasteiger partial charge in [-0.15, -0.1) is 0 Å². The second-order valence-corrected chi connectivity index (χ2v) is 5.59. The first-order chi connectivity index (χ1) is 10.2. The summed E-state index contributed by atoms with van der Waals surface area (Å²) in [6.45, 7) is 5.28. The van der Waals surface area contributed by atoms with Crippen LogP contribution in [-0.2, 0) is 4.74 Å². The van der Waals surface area contributed by atoms with Gasteiger partial charge in [-0.05, 0) is 39.0 Å². The van der Waals surface area contributed by atoms with Gasteiger partial charge in [-0.2, -0.15) is 0 Å². The van der Waals surface area contributed by atoms with Crippen LogP contribution in [0.2, 0.25) is 0 Å². The Morgan fingerprint density at radius 1 is 1.18 bits per heavy atom. The smallest absolute Gasteiger partial charge is 0.414 e. The van der Waals surface area contributed by atoms with Crippen molar-refractivity contribution >= 4 is 17.7 Å². The van der Waals surface area contributed by atoms with E-state index < -0.39 is 16.6 Å². The van der Waals surface area contributed by atoms with E-state index in [0.29, 0.717) is 11.3 Å². The van der Waals surface area contributed by atoms with Crippen LogP contribution in [0.15, 0.2) is 40.8 Å². The van der Waals surface area contributed by atoms with Gasteiger partial charge in [-0.3, -0.25) is 15.4 Å². The molecule has 7 heteroatoms. The van der Waals surface area contributed by atoms with Crippen molar-refractivity contribution < 1.29 is 18.9 Å². The van der Waals surface area contributed by atoms with Crippen molar-refractivity contribution in [3.05, 3.63) is 46.5 Å². The maximum absolute atomic E-state index is 11.6. The monoisotopic (exact) mass is 304 g/mol. The second kappa shape index (κ2) is 5.88. The zero-order valence-electron chi connectivity index (χ0n) is 12.5. The summed E-state index contributed by atoms with van der Waals surface area (Å²) in [5.74, 6) is 0.726. The SMILES string of the molecule is CC(C)(C)OC(=O)Nc1ccc(-c2ccc([N+](=O)[O-])cc2)o1. The molecule has 0 radical (unpaired) electrons. The topological polar surface area (TPSA) is 94.6 Å². The molecule has 116 valence electrons. The van der Waals surface area contributed by atoms with Gasteiger partial charge >= 0.3 is 6.09 Å². The molecule has 0 aliphatic rings. The van der Waals surface area contributed by atoms with Crippen molar-refractivity contribution in [3.8, 4) is 11.3 Å². The standard InChI is InChI=1S/C15H16N2O5/c1-15(2,3)22-14(18)16-13-9-8-12(21-13)10-4-6-11(7-5-10)17(19)20/h4-9H,1-3H3,(H,16,18). The number of carbonyl (C=O) groups is 1. The van der Waals surface area contributed by atoms with Crippen LogP contribution in [0.25, 0.3) is 11.3 Å². The number of anilines is 1. The molecule has 0 atom stereocenters. The highest BCUT2D eigenvalue weighted by Crippen LogP contribution is 2.26. The average Bonchev–Trinajstić information content (AvgIpc) is 2.85. The van der Waals surface area contributed by atoms with Crippen molar-refractivity contribution in [2.45, 2.75) is 26.4 Å². The van der Waals surface area contributed by atoms with Crippen molar-refractivity contribution in [1.82, 2.24) is 0 Å². The predicted octanol–water partition coefficient (Wildman–Crippen LogP) is 4.20. The lowest BCUT2D eigenvalue weighted by molar-refractivity contribution is -0.384. The average molecular weight is 304 g/mol. The van der Waals surface area contributed by atoms with Crippen molar-refractivity contribution in [2.75, 3.05) is 5.32 Å². The number of nitro groups is 1. The van der Waals surface area contributed by atoms with E-state index in [1.165, 1.54) is 12.1 Å².